The van der Waals surface area contributed by atoms with Crippen molar-refractivity contribution >= 4 is 23.6 Å². The van der Waals surface area contributed by atoms with Crippen molar-refractivity contribution in [2.24, 2.45) is 16.5 Å². The van der Waals surface area contributed by atoms with Gasteiger partial charge in [0.15, 0.2) is 5.96 Å². The quantitative estimate of drug-likeness (QED) is 0.180. The van der Waals surface area contributed by atoms with Gasteiger partial charge in [0.2, 0.25) is 5.78 Å². The molecule has 1 atom stereocenters. The third-order valence-electron chi connectivity index (χ3n) is 1.87. The van der Waals surface area contributed by atoms with E-state index in [2.05, 4.69) is 10.3 Å². The minimum absolute atomic E-state index is 0.0790. The van der Waals surface area contributed by atoms with Gasteiger partial charge in [-0.15, -0.1) is 0 Å². The summed E-state index contributed by atoms with van der Waals surface area (Å²) in [5, 5.41) is 10.9. The number of aliphatic imine (C=N–C) groups is 1. The highest BCUT2D eigenvalue weighted by Crippen LogP contribution is 1.98. The van der Waals surface area contributed by atoms with Gasteiger partial charge < -0.3 is 21.9 Å². The number of carbonyl (C=O) groups is 3. The van der Waals surface area contributed by atoms with Gasteiger partial charge in [-0.25, -0.2) is 4.79 Å². The highest BCUT2D eigenvalue weighted by atomic mass is 16.4. The highest BCUT2D eigenvalue weighted by Gasteiger charge is 2.21. The van der Waals surface area contributed by atoms with Gasteiger partial charge in [-0.3, -0.25) is 14.6 Å². The lowest BCUT2D eigenvalue weighted by Crippen LogP contribution is -2.43. The van der Waals surface area contributed by atoms with Crippen LogP contribution in [0.5, 0.6) is 0 Å². The molecule has 0 unspecified atom stereocenters. The molecule has 0 aromatic heterocycles. The van der Waals surface area contributed by atoms with Gasteiger partial charge in [0.1, 0.15) is 6.04 Å². The van der Waals surface area contributed by atoms with Gasteiger partial charge in [0.25, 0.3) is 5.91 Å². The molecule has 0 radical (unpaired) electrons. The van der Waals surface area contributed by atoms with E-state index in [1.807, 2.05) is 0 Å². The monoisotopic (exact) mass is 244 g/mol. The average Bonchev–Trinajstić information content (AvgIpc) is 2.21. The molecule has 6 N–H and O–H groups in total. The zero-order chi connectivity index (χ0) is 13.4. The van der Waals surface area contributed by atoms with Gasteiger partial charge in [-0.1, -0.05) is 0 Å². The van der Waals surface area contributed by atoms with Crippen LogP contribution in [-0.4, -0.2) is 41.3 Å². The van der Waals surface area contributed by atoms with Crippen molar-refractivity contribution in [2.45, 2.75) is 25.8 Å². The van der Waals surface area contributed by atoms with Crippen molar-refractivity contribution in [2.75, 3.05) is 6.54 Å². The van der Waals surface area contributed by atoms with Crippen LogP contribution in [-0.2, 0) is 14.4 Å². The fraction of sp³-hybridized carbons (Fsp3) is 0.556. The van der Waals surface area contributed by atoms with Crippen LogP contribution in [0.1, 0.15) is 19.8 Å². The smallest absolute Gasteiger partial charge is 0.326 e. The first-order chi connectivity index (χ1) is 7.84. The van der Waals surface area contributed by atoms with E-state index in [4.69, 9.17) is 16.6 Å². The number of hydrogen-bond acceptors (Lipinski definition) is 4. The minimum atomic E-state index is -1.20. The molecule has 0 aromatic rings. The fourth-order valence-corrected chi connectivity index (χ4v) is 1.02. The third kappa shape index (κ3) is 6.88. The number of carboxylic acid groups (broad SMARTS) is 1. The van der Waals surface area contributed by atoms with Crippen LogP contribution in [0.15, 0.2) is 4.99 Å². The summed E-state index contributed by atoms with van der Waals surface area (Å²) in [4.78, 5) is 36.1. The summed E-state index contributed by atoms with van der Waals surface area (Å²) in [6, 6.07) is -1.11. The number of guanidine groups is 1. The van der Waals surface area contributed by atoms with Gasteiger partial charge in [-0.2, -0.15) is 0 Å². The Labute approximate surface area is 98.1 Å². The number of nitrogens with zero attached hydrogens (tertiary/aromatic N) is 1. The first-order valence-electron chi connectivity index (χ1n) is 4.94. The minimum Gasteiger partial charge on any atom is -0.480 e. The summed E-state index contributed by atoms with van der Waals surface area (Å²) in [6.45, 7) is 1.33. The second kappa shape index (κ2) is 7.20. The molecule has 8 nitrogen and oxygen atoms in total. The lowest BCUT2D eigenvalue weighted by molar-refractivity contribution is -0.144. The summed E-state index contributed by atoms with van der Waals surface area (Å²) < 4.78 is 0. The molecule has 0 aliphatic carbocycles. The Morgan fingerprint density at radius 1 is 1.35 bits per heavy atom. The van der Waals surface area contributed by atoms with Crippen molar-refractivity contribution in [3.63, 3.8) is 0 Å². The lowest BCUT2D eigenvalue weighted by Gasteiger charge is -2.12. The van der Waals surface area contributed by atoms with Crippen LogP contribution in [0.2, 0.25) is 0 Å². The molecule has 0 saturated carbocycles. The highest BCUT2D eigenvalue weighted by molar-refractivity contribution is 6.35. The van der Waals surface area contributed by atoms with E-state index < -0.39 is 23.7 Å². The molecular weight excluding hydrogens is 228 g/mol. The summed E-state index contributed by atoms with van der Waals surface area (Å²) >= 11 is 0. The second-order valence-corrected chi connectivity index (χ2v) is 3.37. The van der Waals surface area contributed by atoms with Crippen LogP contribution in [0.4, 0.5) is 0 Å². The SMILES string of the molecule is CC(=O)C(=O)N[C@@H](CCCN=C(N)N)C(=O)O. The summed E-state index contributed by atoms with van der Waals surface area (Å²) in [5.41, 5.74) is 10.2. The standard InChI is InChI=1S/C9H16N4O4/c1-5(14)7(15)13-6(8(16)17)3-2-4-12-9(10)11/h6H,2-4H2,1H3,(H,13,15)(H,16,17)(H4,10,11,12)/t6-/m0/s1. The zero-order valence-corrected chi connectivity index (χ0v) is 9.47. The maximum atomic E-state index is 11.0. The van der Waals surface area contributed by atoms with E-state index in [1.165, 1.54) is 0 Å². The number of nitrogens with two attached hydrogens (primary N) is 2. The molecule has 96 valence electrons. The maximum Gasteiger partial charge on any atom is 0.326 e. The number of Topliss-reactive ketones (excluding diaryl/α,β-unsaturated/α-hetero) is 1. The van der Waals surface area contributed by atoms with Crippen molar-refractivity contribution in [1.82, 2.24) is 5.32 Å². The number of amides is 1. The Morgan fingerprint density at radius 3 is 2.35 bits per heavy atom. The predicted octanol–water partition coefficient (Wildman–Crippen LogP) is -1.80. The van der Waals surface area contributed by atoms with Crippen molar-refractivity contribution in [3.8, 4) is 0 Å². The fourth-order valence-electron chi connectivity index (χ4n) is 1.02. The molecule has 0 aliphatic rings. The van der Waals surface area contributed by atoms with Gasteiger partial charge in [0, 0.05) is 13.5 Å². The zero-order valence-electron chi connectivity index (χ0n) is 9.47. The molecule has 8 heteroatoms. The van der Waals surface area contributed by atoms with Crippen LogP contribution in [0.25, 0.3) is 0 Å². The summed E-state index contributed by atoms with van der Waals surface area (Å²) in [6.07, 6.45) is 0.526. The molecule has 0 saturated heterocycles. The molecular formula is C9H16N4O4. The topological polar surface area (TPSA) is 148 Å². The van der Waals surface area contributed by atoms with Crippen LogP contribution in [0.3, 0.4) is 0 Å². The normalized spacial score (nSPS) is 11.4. The first-order valence-corrected chi connectivity index (χ1v) is 4.94. The number of ketones is 1. The predicted molar refractivity (Wildman–Crippen MR) is 60.2 cm³/mol. The average molecular weight is 244 g/mol. The van der Waals surface area contributed by atoms with E-state index in [-0.39, 0.29) is 18.9 Å². The molecule has 17 heavy (non-hydrogen) atoms. The number of carbonyl (C=O) groups excluding carboxylic acids is 2. The molecule has 1 amide bonds. The third-order valence-corrected chi connectivity index (χ3v) is 1.87. The molecule has 0 fully saturated rings. The van der Waals surface area contributed by atoms with Gasteiger partial charge >= 0.3 is 5.97 Å². The van der Waals surface area contributed by atoms with E-state index >= 15 is 0 Å². The van der Waals surface area contributed by atoms with Crippen molar-refractivity contribution in [1.29, 1.82) is 0 Å². The molecule has 0 rings (SSSR count). The maximum absolute atomic E-state index is 11.0. The Kier molecular flexibility index (Phi) is 6.30. The Bertz CT molecular complexity index is 336. The molecule has 0 aromatic carbocycles. The van der Waals surface area contributed by atoms with E-state index in [1.54, 1.807) is 0 Å². The lowest BCUT2D eigenvalue weighted by atomic mass is 10.1. The van der Waals surface area contributed by atoms with Crippen molar-refractivity contribution < 1.29 is 19.5 Å². The van der Waals surface area contributed by atoms with Gasteiger partial charge in [-0.05, 0) is 12.8 Å². The number of aliphatic carboxylic acids is 1. The Hall–Kier alpha value is -2.12. The number of carboxylic acids is 1. The first kappa shape index (κ1) is 14.9. The molecule has 0 aliphatic heterocycles. The number of hydrogen-bond donors (Lipinski definition) is 4. The van der Waals surface area contributed by atoms with E-state index in [9.17, 15) is 14.4 Å². The van der Waals surface area contributed by atoms with E-state index in [0.29, 0.717) is 6.42 Å². The Morgan fingerprint density at radius 2 is 1.94 bits per heavy atom. The second-order valence-electron chi connectivity index (χ2n) is 3.37. The molecule has 0 bridgehead atoms. The van der Waals surface area contributed by atoms with E-state index in [0.717, 1.165) is 6.92 Å². The van der Waals surface area contributed by atoms with Crippen LogP contribution in [0, 0.1) is 0 Å². The Balaban J connectivity index is 4.17. The summed E-state index contributed by atoms with van der Waals surface area (Å²) in [7, 11) is 0. The van der Waals surface area contributed by atoms with Crippen LogP contribution >= 0.6 is 0 Å². The number of rotatable bonds is 7. The largest absolute Gasteiger partial charge is 0.480 e. The van der Waals surface area contributed by atoms with Crippen LogP contribution < -0.4 is 16.8 Å². The molecule has 0 spiro atoms. The summed E-state index contributed by atoms with van der Waals surface area (Å²) in [5.74, 6) is -2.94. The number of nitrogens with one attached hydrogen (secondary N) is 1. The molecule has 0 heterocycles. The van der Waals surface area contributed by atoms with Gasteiger partial charge in [0.05, 0.1) is 0 Å². The van der Waals surface area contributed by atoms with Crippen molar-refractivity contribution in [3.05, 3.63) is 0 Å².